The summed E-state index contributed by atoms with van der Waals surface area (Å²) in [5.74, 6) is 1.83. The highest BCUT2D eigenvalue weighted by molar-refractivity contribution is 7.99. The first-order chi connectivity index (χ1) is 7.29. The quantitative estimate of drug-likeness (QED) is 0.548. The molecule has 0 spiro atoms. The second-order valence-electron chi connectivity index (χ2n) is 3.95. The molecule has 0 bridgehead atoms. The molecule has 0 unspecified atom stereocenters. The Kier molecular flexibility index (Phi) is 6.52. The fourth-order valence-electron chi connectivity index (χ4n) is 1.18. The van der Waals surface area contributed by atoms with Crippen molar-refractivity contribution in [2.45, 2.75) is 31.9 Å². The van der Waals surface area contributed by atoms with Crippen LogP contribution in [0.2, 0.25) is 0 Å². The first kappa shape index (κ1) is 12.6. The summed E-state index contributed by atoms with van der Waals surface area (Å²) >= 11 is 1.69. The zero-order valence-electron chi connectivity index (χ0n) is 9.53. The third kappa shape index (κ3) is 6.57. The van der Waals surface area contributed by atoms with E-state index < -0.39 is 0 Å². The van der Waals surface area contributed by atoms with E-state index in [1.54, 1.807) is 24.2 Å². The van der Waals surface area contributed by atoms with Crippen molar-refractivity contribution in [1.82, 2.24) is 10.3 Å². The highest BCUT2D eigenvalue weighted by atomic mass is 32.2. The lowest BCUT2D eigenvalue weighted by Crippen LogP contribution is -2.20. The molecule has 0 saturated carbocycles. The van der Waals surface area contributed by atoms with Crippen molar-refractivity contribution in [2.24, 2.45) is 5.92 Å². The molecular weight excluding hydrogens is 208 g/mol. The van der Waals surface area contributed by atoms with Gasteiger partial charge in [-0.15, -0.1) is 0 Å². The molecular formula is C11H20N2OS. The average Bonchev–Trinajstić information content (AvgIpc) is 2.68. The topological polar surface area (TPSA) is 38.1 Å². The molecule has 86 valence electrons. The minimum Gasteiger partial charge on any atom is -0.440 e. The van der Waals surface area contributed by atoms with Crippen LogP contribution in [0.15, 0.2) is 22.1 Å². The first-order valence-electron chi connectivity index (χ1n) is 5.52. The molecule has 4 heteroatoms. The summed E-state index contributed by atoms with van der Waals surface area (Å²) < 4.78 is 5.13. The van der Waals surface area contributed by atoms with Crippen molar-refractivity contribution >= 4 is 11.8 Å². The number of hydrogen-bond acceptors (Lipinski definition) is 4. The van der Waals surface area contributed by atoms with Crippen molar-refractivity contribution in [2.75, 3.05) is 18.8 Å². The van der Waals surface area contributed by atoms with Gasteiger partial charge in [0.05, 0.1) is 6.20 Å². The van der Waals surface area contributed by atoms with Crippen LogP contribution in [0.1, 0.15) is 26.7 Å². The molecule has 1 aromatic heterocycles. The van der Waals surface area contributed by atoms with Crippen LogP contribution in [-0.2, 0) is 0 Å². The smallest absolute Gasteiger partial charge is 0.255 e. The van der Waals surface area contributed by atoms with E-state index in [0.29, 0.717) is 0 Å². The normalized spacial score (nSPS) is 11.1. The van der Waals surface area contributed by atoms with Crippen LogP contribution in [0.3, 0.4) is 0 Å². The van der Waals surface area contributed by atoms with Crippen molar-refractivity contribution < 1.29 is 4.42 Å². The van der Waals surface area contributed by atoms with Crippen molar-refractivity contribution in [3.05, 3.63) is 12.5 Å². The maximum Gasteiger partial charge on any atom is 0.255 e. The molecule has 1 aromatic rings. The maximum absolute atomic E-state index is 5.13. The lowest BCUT2D eigenvalue weighted by Gasteiger charge is -2.06. The molecule has 0 radical (unpaired) electrons. The van der Waals surface area contributed by atoms with Gasteiger partial charge < -0.3 is 9.73 Å². The Labute approximate surface area is 96.0 Å². The van der Waals surface area contributed by atoms with Crippen LogP contribution in [0.25, 0.3) is 0 Å². The number of rotatable bonds is 8. The van der Waals surface area contributed by atoms with Gasteiger partial charge in [0, 0.05) is 5.75 Å². The Bertz CT molecular complexity index is 237. The zero-order chi connectivity index (χ0) is 10.9. The third-order valence-electron chi connectivity index (χ3n) is 1.94. The summed E-state index contributed by atoms with van der Waals surface area (Å²) in [7, 11) is 0. The number of nitrogens with one attached hydrogen (secondary N) is 1. The van der Waals surface area contributed by atoms with Gasteiger partial charge in [-0.25, -0.2) is 4.98 Å². The molecule has 15 heavy (non-hydrogen) atoms. The van der Waals surface area contributed by atoms with Crippen LogP contribution < -0.4 is 5.32 Å². The Morgan fingerprint density at radius 3 is 3.00 bits per heavy atom. The van der Waals surface area contributed by atoms with Gasteiger partial charge >= 0.3 is 0 Å². The van der Waals surface area contributed by atoms with Crippen molar-refractivity contribution in [1.29, 1.82) is 0 Å². The second kappa shape index (κ2) is 7.77. The third-order valence-corrected chi connectivity index (χ3v) is 2.88. The van der Waals surface area contributed by atoms with E-state index in [2.05, 4.69) is 24.1 Å². The van der Waals surface area contributed by atoms with Gasteiger partial charge in [-0.1, -0.05) is 25.6 Å². The van der Waals surface area contributed by atoms with Gasteiger partial charge in [0.15, 0.2) is 0 Å². The predicted molar refractivity (Wildman–Crippen MR) is 64.2 cm³/mol. The molecule has 0 aliphatic carbocycles. The molecule has 0 fully saturated rings. The second-order valence-corrected chi connectivity index (χ2v) is 5.00. The van der Waals surface area contributed by atoms with E-state index in [1.807, 2.05) is 0 Å². The average molecular weight is 228 g/mol. The van der Waals surface area contributed by atoms with Gasteiger partial charge in [-0.2, -0.15) is 0 Å². The summed E-state index contributed by atoms with van der Waals surface area (Å²) in [6.45, 7) is 6.69. The van der Waals surface area contributed by atoms with Gasteiger partial charge in [0.25, 0.3) is 5.22 Å². The molecule has 0 amide bonds. The fraction of sp³-hybridized carbons (Fsp3) is 0.727. The summed E-state index contributed by atoms with van der Waals surface area (Å²) in [5, 5.41) is 4.21. The van der Waals surface area contributed by atoms with E-state index in [-0.39, 0.29) is 0 Å². The summed E-state index contributed by atoms with van der Waals surface area (Å²) in [5.41, 5.74) is 0. The van der Waals surface area contributed by atoms with E-state index >= 15 is 0 Å². The summed E-state index contributed by atoms with van der Waals surface area (Å²) in [6.07, 6.45) is 5.73. The number of nitrogens with zero attached hydrogens (tertiary/aromatic N) is 1. The number of hydrogen-bond donors (Lipinski definition) is 1. The van der Waals surface area contributed by atoms with Crippen LogP contribution >= 0.6 is 11.8 Å². The van der Waals surface area contributed by atoms with Crippen LogP contribution in [0.4, 0.5) is 0 Å². The van der Waals surface area contributed by atoms with E-state index in [4.69, 9.17) is 4.42 Å². The number of oxazole rings is 1. The molecule has 1 N–H and O–H groups in total. The van der Waals surface area contributed by atoms with Crippen LogP contribution in [0.5, 0.6) is 0 Å². The number of unbranched alkanes of at least 4 members (excludes halogenated alkanes) is 1. The van der Waals surface area contributed by atoms with E-state index in [1.165, 1.54) is 12.8 Å². The lowest BCUT2D eigenvalue weighted by molar-refractivity contribution is 0.454. The molecule has 1 rings (SSSR count). The van der Waals surface area contributed by atoms with Gasteiger partial charge in [-0.3, -0.25) is 0 Å². The van der Waals surface area contributed by atoms with E-state index in [9.17, 15) is 0 Å². The number of thioether (sulfide) groups is 1. The minimum atomic E-state index is 0.742. The Balaban J connectivity index is 1.85. The standard InChI is InChI=1S/C11H20N2OS/c1-10(2)9-12-5-3-4-8-15-11-13-6-7-14-11/h6-7,10,12H,3-5,8-9H2,1-2H3. The molecule has 3 nitrogen and oxygen atoms in total. The summed E-state index contributed by atoms with van der Waals surface area (Å²) in [4.78, 5) is 4.05. The Morgan fingerprint density at radius 1 is 1.47 bits per heavy atom. The Morgan fingerprint density at radius 2 is 2.33 bits per heavy atom. The van der Waals surface area contributed by atoms with Crippen molar-refractivity contribution in [3.8, 4) is 0 Å². The molecule has 0 aliphatic heterocycles. The minimum absolute atomic E-state index is 0.742. The SMILES string of the molecule is CC(C)CNCCCCSc1ncco1. The predicted octanol–water partition coefficient (Wildman–Crippen LogP) is 2.79. The van der Waals surface area contributed by atoms with Crippen LogP contribution in [-0.4, -0.2) is 23.8 Å². The molecule has 0 saturated heterocycles. The fourth-order valence-corrected chi connectivity index (χ4v) is 1.97. The number of aromatic nitrogens is 1. The van der Waals surface area contributed by atoms with Gasteiger partial charge in [0.2, 0.25) is 0 Å². The lowest BCUT2D eigenvalue weighted by atomic mass is 10.2. The first-order valence-corrected chi connectivity index (χ1v) is 6.50. The molecule has 1 heterocycles. The molecule has 0 aromatic carbocycles. The van der Waals surface area contributed by atoms with Gasteiger partial charge in [0.1, 0.15) is 6.26 Å². The largest absolute Gasteiger partial charge is 0.440 e. The van der Waals surface area contributed by atoms with Crippen molar-refractivity contribution in [3.63, 3.8) is 0 Å². The zero-order valence-corrected chi connectivity index (χ0v) is 10.3. The molecule has 0 atom stereocenters. The van der Waals surface area contributed by atoms with Gasteiger partial charge in [-0.05, 0) is 31.8 Å². The Hall–Kier alpha value is -0.480. The molecule has 0 aliphatic rings. The monoisotopic (exact) mass is 228 g/mol. The van der Waals surface area contributed by atoms with Crippen LogP contribution in [0, 0.1) is 5.92 Å². The highest BCUT2D eigenvalue weighted by Gasteiger charge is 1.97. The maximum atomic E-state index is 5.13. The summed E-state index contributed by atoms with van der Waals surface area (Å²) in [6, 6.07) is 0. The van der Waals surface area contributed by atoms with E-state index in [0.717, 1.165) is 30.0 Å². The highest BCUT2D eigenvalue weighted by Crippen LogP contribution is 2.15.